The van der Waals surface area contributed by atoms with E-state index >= 15 is 0 Å². The molecule has 32 heavy (non-hydrogen) atoms. The standard InChI is InChI=1S/C20H31N5O6S/c1-22(2)9-7-21-32(29,30)17-5-6-18(19(14-17)25(27)28)24-8-3-4-16(15-24)20(26)23-10-12-31-13-11-23/h5-6,14,16,21H,3-4,7-13,15H2,1-2H3. The molecule has 1 unspecified atom stereocenters. The predicted molar refractivity (Wildman–Crippen MR) is 119 cm³/mol. The number of likely N-dealkylation sites (N-methyl/N-ethyl adjacent to an activating group) is 1. The molecule has 3 rings (SSSR count). The number of piperidine rings is 1. The third-order valence-corrected chi connectivity index (χ3v) is 7.20. The van der Waals surface area contributed by atoms with E-state index in [1.165, 1.54) is 12.1 Å². The number of rotatable bonds is 8. The zero-order chi connectivity index (χ0) is 23.3. The van der Waals surface area contributed by atoms with Gasteiger partial charge in [0.2, 0.25) is 15.9 Å². The molecule has 0 aliphatic carbocycles. The van der Waals surface area contributed by atoms with Gasteiger partial charge in [0.25, 0.3) is 5.69 Å². The number of carbonyl (C=O) groups excluding carboxylic acids is 1. The molecule has 1 aromatic carbocycles. The fourth-order valence-electron chi connectivity index (χ4n) is 4.01. The highest BCUT2D eigenvalue weighted by atomic mass is 32.2. The van der Waals surface area contributed by atoms with Crippen LogP contribution in [0.2, 0.25) is 0 Å². The SMILES string of the molecule is CN(C)CCNS(=O)(=O)c1ccc(N2CCCC(C(=O)N3CCOCC3)C2)c([N+](=O)[O-])c1. The quantitative estimate of drug-likeness (QED) is 0.431. The zero-order valence-electron chi connectivity index (χ0n) is 18.5. The summed E-state index contributed by atoms with van der Waals surface area (Å²) >= 11 is 0. The number of nitrogens with one attached hydrogen (secondary N) is 1. The molecule has 11 nitrogen and oxygen atoms in total. The van der Waals surface area contributed by atoms with Gasteiger partial charge in [-0.25, -0.2) is 13.1 Å². The molecule has 2 aliphatic heterocycles. The second kappa shape index (κ2) is 10.6. The number of nitro groups is 1. The smallest absolute Gasteiger partial charge is 0.293 e. The Bertz CT molecular complexity index is 932. The number of amides is 1. The van der Waals surface area contributed by atoms with E-state index < -0.39 is 14.9 Å². The van der Waals surface area contributed by atoms with Crippen LogP contribution in [-0.2, 0) is 19.6 Å². The lowest BCUT2D eigenvalue weighted by atomic mass is 9.95. The van der Waals surface area contributed by atoms with Crippen molar-refractivity contribution in [3.05, 3.63) is 28.3 Å². The molecule has 1 atom stereocenters. The van der Waals surface area contributed by atoms with Crippen molar-refractivity contribution in [3.63, 3.8) is 0 Å². The van der Waals surface area contributed by atoms with Gasteiger partial charge >= 0.3 is 0 Å². The normalized spacial score (nSPS) is 19.9. The molecule has 0 spiro atoms. The van der Waals surface area contributed by atoms with Crippen molar-refractivity contribution in [1.82, 2.24) is 14.5 Å². The molecule has 0 radical (unpaired) electrons. The number of nitrogens with zero attached hydrogens (tertiary/aromatic N) is 4. The first kappa shape index (κ1) is 24.4. The summed E-state index contributed by atoms with van der Waals surface area (Å²) in [5.41, 5.74) is 0.0571. The second-order valence-electron chi connectivity index (χ2n) is 8.33. The van der Waals surface area contributed by atoms with Gasteiger partial charge in [-0.1, -0.05) is 0 Å². The van der Waals surface area contributed by atoms with Crippen LogP contribution in [0.1, 0.15) is 12.8 Å². The highest BCUT2D eigenvalue weighted by Crippen LogP contribution is 2.34. The van der Waals surface area contributed by atoms with Crippen LogP contribution in [0.15, 0.2) is 23.1 Å². The Kier molecular flexibility index (Phi) is 8.04. The van der Waals surface area contributed by atoms with Gasteiger partial charge in [-0.2, -0.15) is 0 Å². The first-order valence-corrected chi connectivity index (χ1v) is 12.2. The van der Waals surface area contributed by atoms with Gasteiger partial charge in [0.1, 0.15) is 5.69 Å². The van der Waals surface area contributed by atoms with E-state index in [9.17, 15) is 23.3 Å². The van der Waals surface area contributed by atoms with Crippen LogP contribution in [0.4, 0.5) is 11.4 Å². The number of ether oxygens (including phenoxy) is 1. The average molecular weight is 470 g/mol. The Morgan fingerprint density at radius 1 is 1.28 bits per heavy atom. The number of hydrogen-bond donors (Lipinski definition) is 1. The first-order chi connectivity index (χ1) is 15.2. The van der Waals surface area contributed by atoms with Crippen molar-refractivity contribution >= 4 is 27.3 Å². The van der Waals surface area contributed by atoms with Crippen LogP contribution in [0, 0.1) is 16.0 Å². The van der Waals surface area contributed by atoms with E-state index in [4.69, 9.17) is 4.74 Å². The monoisotopic (exact) mass is 469 g/mol. The number of nitro benzene ring substituents is 1. The number of morpholine rings is 1. The number of hydrogen-bond acceptors (Lipinski definition) is 8. The predicted octanol–water partition coefficient (Wildman–Crippen LogP) is 0.510. The Morgan fingerprint density at radius 3 is 2.66 bits per heavy atom. The number of sulfonamides is 1. The van der Waals surface area contributed by atoms with Crippen molar-refractivity contribution in [2.75, 3.05) is 71.5 Å². The minimum atomic E-state index is -3.87. The van der Waals surface area contributed by atoms with Gasteiger partial charge in [-0.3, -0.25) is 14.9 Å². The second-order valence-corrected chi connectivity index (χ2v) is 10.1. The summed E-state index contributed by atoms with van der Waals surface area (Å²) < 4.78 is 32.9. The Balaban J connectivity index is 1.78. The molecule has 0 saturated carbocycles. The van der Waals surface area contributed by atoms with Crippen LogP contribution < -0.4 is 9.62 Å². The summed E-state index contributed by atoms with van der Waals surface area (Å²) in [5.74, 6) is -0.206. The summed E-state index contributed by atoms with van der Waals surface area (Å²) in [6.45, 7) is 3.79. The minimum absolute atomic E-state index is 0.0462. The number of carbonyl (C=O) groups is 1. The van der Waals surface area contributed by atoms with Gasteiger partial charge in [0.05, 0.1) is 29.0 Å². The van der Waals surface area contributed by atoms with Gasteiger partial charge in [-0.05, 0) is 39.1 Å². The van der Waals surface area contributed by atoms with Gasteiger partial charge < -0.3 is 19.4 Å². The maximum Gasteiger partial charge on any atom is 0.293 e. The van der Waals surface area contributed by atoms with Crippen LogP contribution >= 0.6 is 0 Å². The fourth-order valence-corrected chi connectivity index (χ4v) is 5.05. The Morgan fingerprint density at radius 2 is 2.00 bits per heavy atom. The van der Waals surface area contributed by atoms with Crippen molar-refractivity contribution in [2.45, 2.75) is 17.7 Å². The van der Waals surface area contributed by atoms with E-state index in [0.29, 0.717) is 51.6 Å². The lowest BCUT2D eigenvalue weighted by molar-refractivity contribution is -0.384. The molecule has 1 N–H and O–H groups in total. The summed E-state index contributed by atoms with van der Waals surface area (Å²) in [4.78, 5) is 29.4. The lowest BCUT2D eigenvalue weighted by Gasteiger charge is -2.37. The topological polar surface area (TPSA) is 125 Å². The maximum absolute atomic E-state index is 12.9. The van der Waals surface area contributed by atoms with E-state index in [1.54, 1.807) is 4.90 Å². The van der Waals surface area contributed by atoms with Gasteiger partial charge in [-0.15, -0.1) is 0 Å². The number of benzene rings is 1. The highest BCUT2D eigenvalue weighted by molar-refractivity contribution is 7.89. The molecule has 178 valence electrons. The lowest BCUT2D eigenvalue weighted by Crippen LogP contribution is -2.48. The molecular weight excluding hydrogens is 438 g/mol. The molecule has 0 aromatic heterocycles. The van der Waals surface area contributed by atoms with Crippen LogP contribution in [0.3, 0.4) is 0 Å². The first-order valence-electron chi connectivity index (χ1n) is 10.7. The van der Waals surface area contributed by atoms with Crippen molar-refractivity contribution in [1.29, 1.82) is 0 Å². The summed E-state index contributed by atoms with van der Waals surface area (Å²) in [6, 6.07) is 3.95. The summed E-state index contributed by atoms with van der Waals surface area (Å²) in [7, 11) is -0.224. The molecule has 2 aliphatic rings. The largest absolute Gasteiger partial charge is 0.378 e. The maximum atomic E-state index is 12.9. The summed E-state index contributed by atoms with van der Waals surface area (Å²) in [5, 5.41) is 11.8. The molecule has 2 saturated heterocycles. The fraction of sp³-hybridized carbons (Fsp3) is 0.650. The van der Waals surface area contributed by atoms with E-state index in [1.807, 2.05) is 23.9 Å². The van der Waals surface area contributed by atoms with Crippen LogP contribution in [-0.4, -0.2) is 95.6 Å². The van der Waals surface area contributed by atoms with Gasteiger partial charge in [0.15, 0.2) is 0 Å². The molecule has 2 fully saturated rings. The molecule has 1 amide bonds. The zero-order valence-corrected chi connectivity index (χ0v) is 19.3. The van der Waals surface area contributed by atoms with Crippen LogP contribution in [0.25, 0.3) is 0 Å². The molecule has 1 aromatic rings. The molecule has 2 heterocycles. The minimum Gasteiger partial charge on any atom is -0.378 e. The molecule has 0 bridgehead atoms. The van der Waals surface area contributed by atoms with E-state index in [2.05, 4.69) is 4.72 Å². The summed E-state index contributed by atoms with van der Waals surface area (Å²) in [6.07, 6.45) is 1.45. The van der Waals surface area contributed by atoms with Crippen molar-refractivity contribution in [3.8, 4) is 0 Å². The Labute approximate surface area is 188 Å². The average Bonchev–Trinajstić information content (AvgIpc) is 2.78. The van der Waals surface area contributed by atoms with E-state index in [-0.39, 0.29) is 29.0 Å². The Hall–Kier alpha value is -2.28. The third kappa shape index (κ3) is 5.94. The van der Waals surface area contributed by atoms with Crippen molar-refractivity contribution in [2.24, 2.45) is 5.92 Å². The van der Waals surface area contributed by atoms with Crippen molar-refractivity contribution < 1.29 is 22.9 Å². The third-order valence-electron chi connectivity index (χ3n) is 5.74. The molecule has 12 heteroatoms. The van der Waals surface area contributed by atoms with Crippen LogP contribution in [0.5, 0.6) is 0 Å². The number of anilines is 1. The molecular formula is C20H31N5O6S. The highest BCUT2D eigenvalue weighted by Gasteiger charge is 2.33. The van der Waals surface area contributed by atoms with Gasteiger partial charge in [0, 0.05) is 45.3 Å². The van der Waals surface area contributed by atoms with E-state index in [0.717, 1.165) is 18.9 Å².